The number of para-hydroxylation sites is 2. The van der Waals surface area contributed by atoms with E-state index in [1.807, 2.05) is 18.2 Å². The lowest BCUT2D eigenvalue weighted by molar-refractivity contribution is 0.632. The van der Waals surface area contributed by atoms with Crippen LogP contribution in [0.3, 0.4) is 0 Å². The molecule has 3 nitrogen and oxygen atoms in total. The molecule has 22 heavy (non-hydrogen) atoms. The molecule has 1 aromatic heterocycles. The second-order valence-corrected chi connectivity index (χ2v) is 6.21. The van der Waals surface area contributed by atoms with Crippen LogP contribution >= 0.6 is 23.6 Å². The van der Waals surface area contributed by atoms with Gasteiger partial charge in [0.05, 0.1) is 20.9 Å². The number of rotatable bonds is 4. The quantitative estimate of drug-likeness (QED) is 0.710. The van der Waals surface area contributed by atoms with Crippen molar-refractivity contribution in [3.63, 3.8) is 0 Å². The van der Waals surface area contributed by atoms with Gasteiger partial charge in [0.15, 0.2) is 5.11 Å². The number of thiocarbonyl (C=S) groups is 1. The third-order valence-electron chi connectivity index (χ3n) is 3.08. The largest absolute Gasteiger partial charge is 0.362 e. The smallest absolute Gasteiger partial charge is 0.170 e. The normalized spacial score (nSPS) is 10.6. The number of aromatic nitrogens is 1. The Morgan fingerprint density at radius 2 is 1.91 bits per heavy atom. The minimum absolute atomic E-state index is 0.321. The molecule has 0 aliphatic heterocycles. The molecule has 0 amide bonds. The van der Waals surface area contributed by atoms with Crippen LogP contribution in [0, 0.1) is 5.82 Å². The maximum absolute atomic E-state index is 13.5. The van der Waals surface area contributed by atoms with E-state index in [4.69, 9.17) is 12.2 Å². The zero-order valence-corrected chi connectivity index (χ0v) is 13.3. The third-order valence-corrected chi connectivity index (χ3v) is 4.43. The molecule has 2 N–H and O–H groups in total. The van der Waals surface area contributed by atoms with Crippen LogP contribution in [-0.2, 0) is 6.42 Å². The Balaban J connectivity index is 1.52. The van der Waals surface area contributed by atoms with E-state index in [-0.39, 0.29) is 5.82 Å². The maximum Gasteiger partial charge on any atom is 0.170 e. The van der Waals surface area contributed by atoms with Gasteiger partial charge in [-0.1, -0.05) is 24.3 Å². The molecule has 0 fully saturated rings. The van der Waals surface area contributed by atoms with Gasteiger partial charge in [0.2, 0.25) is 0 Å². The molecule has 0 saturated carbocycles. The standard InChI is InChI=1S/C16H14FN3S2/c17-11-5-1-2-6-12(11)20-16(21)18-10-9-15-19-13-7-3-4-8-14(13)22-15/h1-8H,9-10H2,(H2,18,20,21). The van der Waals surface area contributed by atoms with Crippen molar-refractivity contribution in [3.8, 4) is 0 Å². The Labute approximate surface area is 137 Å². The molecular formula is C16H14FN3S2. The summed E-state index contributed by atoms with van der Waals surface area (Å²) < 4.78 is 14.7. The number of benzene rings is 2. The summed E-state index contributed by atoms with van der Waals surface area (Å²) in [7, 11) is 0. The topological polar surface area (TPSA) is 37.0 Å². The molecule has 6 heteroatoms. The van der Waals surface area contributed by atoms with Crippen molar-refractivity contribution in [2.75, 3.05) is 11.9 Å². The van der Waals surface area contributed by atoms with Gasteiger partial charge in [-0.05, 0) is 36.5 Å². The third kappa shape index (κ3) is 3.58. The number of thiazole rings is 1. The van der Waals surface area contributed by atoms with Gasteiger partial charge in [0.1, 0.15) is 5.82 Å². The van der Waals surface area contributed by atoms with Crippen LogP contribution in [-0.4, -0.2) is 16.6 Å². The summed E-state index contributed by atoms with van der Waals surface area (Å²) in [5.41, 5.74) is 1.40. The Kier molecular flexibility index (Phi) is 4.60. The Morgan fingerprint density at radius 1 is 1.14 bits per heavy atom. The molecule has 1 heterocycles. The van der Waals surface area contributed by atoms with Crippen molar-refractivity contribution >= 4 is 44.6 Å². The first-order valence-corrected chi connectivity index (χ1v) is 8.09. The highest BCUT2D eigenvalue weighted by Crippen LogP contribution is 2.21. The zero-order chi connectivity index (χ0) is 15.4. The fourth-order valence-electron chi connectivity index (χ4n) is 2.04. The lowest BCUT2D eigenvalue weighted by Crippen LogP contribution is -2.30. The minimum Gasteiger partial charge on any atom is -0.362 e. The van der Waals surface area contributed by atoms with Gasteiger partial charge in [0.25, 0.3) is 0 Å². The van der Waals surface area contributed by atoms with Crippen LogP contribution in [0.2, 0.25) is 0 Å². The summed E-state index contributed by atoms with van der Waals surface area (Å²) in [6.07, 6.45) is 0.776. The van der Waals surface area contributed by atoms with E-state index < -0.39 is 0 Å². The summed E-state index contributed by atoms with van der Waals surface area (Å²) in [5.74, 6) is -0.321. The number of nitrogens with one attached hydrogen (secondary N) is 2. The van der Waals surface area contributed by atoms with E-state index >= 15 is 0 Å². The number of hydrogen-bond acceptors (Lipinski definition) is 3. The average Bonchev–Trinajstić information content (AvgIpc) is 2.92. The van der Waals surface area contributed by atoms with Crippen molar-refractivity contribution in [2.24, 2.45) is 0 Å². The second kappa shape index (κ2) is 6.81. The molecule has 0 aliphatic carbocycles. The predicted octanol–water partition coefficient (Wildman–Crippen LogP) is 3.96. The van der Waals surface area contributed by atoms with Crippen molar-refractivity contribution in [2.45, 2.75) is 6.42 Å². The summed E-state index contributed by atoms with van der Waals surface area (Å²) >= 11 is 6.85. The molecule has 0 atom stereocenters. The van der Waals surface area contributed by atoms with Crippen LogP contribution in [0.15, 0.2) is 48.5 Å². The molecule has 0 radical (unpaired) electrons. The van der Waals surface area contributed by atoms with Crippen molar-refractivity contribution in [1.82, 2.24) is 10.3 Å². The van der Waals surface area contributed by atoms with Gasteiger partial charge in [-0.25, -0.2) is 9.37 Å². The molecule has 0 bridgehead atoms. The Bertz CT molecular complexity index is 768. The van der Waals surface area contributed by atoms with E-state index in [0.29, 0.717) is 17.3 Å². The summed E-state index contributed by atoms with van der Waals surface area (Å²) in [6.45, 7) is 0.653. The molecule has 112 valence electrons. The first-order chi connectivity index (χ1) is 10.7. The van der Waals surface area contributed by atoms with E-state index in [1.165, 1.54) is 10.8 Å². The van der Waals surface area contributed by atoms with E-state index in [1.54, 1.807) is 29.5 Å². The molecule has 3 aromatic rings. The van der Waals surface area contributed by atoms with Crippen LogP contribution in [0.1, 0.15) is 5.01 Å². The van der Waals surface area contributed by atoms with Gasteiger partial charge in [-0.2, -0.15) is 0 Å². The van der Waals surface area contributed by atoms with Crippen molar-refractivity contribution in [1.29, 1.82) is 0 Å². The summed E-state index contributed by atoms with van der Waals surface area (Å²) in [4.78, 5) is 4.56. The fraction of sp³-hybridized carbons (Fsp3) is 0.125. The van der Waals surface area contributed by atoms with Crippen LogP contribution in [0.5, 0.6) is 0 Å². The number of fused-ring (bicyclic) bond motifs is 1. The van der Waals surface area contributed by atoms with Crippen LogP contribution in [0.25, 0.3) is 10.2 Å². The summed E-state index contributed by atoms with van der Waals surface area (Å²) in [6, 6.07) is 14.5. The SMILES string of the molecule is Fc1ccccc1NC(=S)NCCc1nc2ccccc2s1. The molecule has 0 spiro atoms. The van der Waals surface area contributed by atoms with Gasteiger partial charge in [0, 0.05) is 13.0 Å². The van der Waals surface area contributed by atoms with E-state index in [9.17, 15) is 4.39 Å². The lowest BCUT2D eigenvalue weighted by Gasteiger charge is -2.10. The monoisotopic (exact) mass is 331 g/mol. The van der Waals surface area contributed by atoms with Gasteiger partial charge in [-0.3, -0.25) is 0 Å². The first kappa shape index (κ1) is 14.9. The number of hydrogen-bond donors (Lipinski definition) is 2. The number of nitrogens with zero attached hydrogens (tertiary/aromatic N) is 1. The summed E-state index contributed by atoms with van der Waals surface area (Å²) in [5, 5.41) is 7.39. The van der Waals surface area contributed by atoms with Crippen molar-refractivity contribution < 1.29 is 4.39 Å². The van der Waals surface area contributed by atoms with Gasteiger partial charge >= 0.3 is 0 Å². The lowest BCUT2D eigenvalue weighted by atomic mass is 10.3. The van der Waals surface area contributed by atoms with Gasteiger partial charge < -0.3 is 10.6 Å². The molecule has 3 rings (SSSR count). The average molecular weight is 331 g/mol. The molecule has 2 aromatic carbocycles. The fourth-order valence-corrected chi connectivity index (χ4v) is 3.22. The number of anilines is 1. The Hall–Kier alpha value is -2.05. The zero-order valence-electron chi connectivity index (χ0n) is 11.7. The first-order valence-electron chi connectivity index (χ1n) is 6.86. The molecule has 0 saturated heterocycles. The highest BCUT2D eigenvalue weighted by atomic mass is 32.1. The Morgan fingerprint density at radius 3 is 2.73 bits per heavy atom. The van der Waals surface area contributed by atoms with Crippen molar-refractivity contribution in [3.05, 3.63) is 59.4 Å². The van der Waals surface area contributed by atoms with Crippen LogP contribution < -0.4 is 10.6 Å². The minimum atomic E-state index is -0.321. The predicted molar refractivity (Wildman–Crippen MR) is 93.9 cm³/mol. The number of halogens is 1. The van der Waals surface area contributed by atoms with E-state index in [2.05, 4.69) is 21.7 Å². The highest BCUT2D eigenvalue weighted by molar-refractivity contribution is 7.80. The maximum atomic E-state index is 13.5. The second-order valence-electron chi connectivity index (χ2n) is 4.69. The highest BCUT2D eigenvalue weighted by Gasteiger charge is 2.05. The molecular weight excluding hydrogens is 317 g/mol. The van der Waals surface area contributed by atoms with Crippen LogP contribution in [0.4, 0.5) is 10.1 Å². The molecule has 0 unspecified atom stereocenters. The van der Waals surface area contributed by atoms with Gasteiger partial charge in [-0.15, -0.1) is 11.3 Å². The molecule has 0 aliphatic rings. The van der Waals surface area contributed by atoms with E-state index in [0.717, 1.165) is 16.9 Å².